The van der Waals surface area contributed by atoms with Gasteiger partial charge in [0.25, 0.3) is 0 Å². The van der Waals surface area contributed by atoms with Crippen LogP contribution in [0.4, 0.5) is 0 Å². The lowest BCUT2D eigenvalue weighted by atomic mass is 9.81. The summed E-state index contributed by atoms with van der Waals surface area (Å²) in [4.78, 5) is 44.1. The van der Waals surface area contributed by atoms with Crippen LogP contribution >= 0.6 is 0 Å². The molecule has 0 aliphatic carbocycles. The zero-order chi connectivity index (χ0) is 25.5. The molecule has 0 bridgehead atoms. The van der Waals surface area contributed by atoms with Crippen LogP contribution in [0.25, 0.3) is 10.9 Å². The van der Waals surface area contributed by atoms with Gasteiger partial charge in [0.2, 0.25) is 11.8 Å². The number of ether oxygens (including phenoxy) is 1. The van der Waals surface area contributed by atoms with E-state index in [1.165, 1.54) is 0 Å². The second kappa shape index (κ2) is 9.09. The minimum Gasteiger partial charge on any atom is -0.455 e. The Hall–Kier alpha value is -3.65. The molecule has 1 saturated heterocycles. The number of carbonyl (C=O) groups is 3. The van der Waals surface area contributed by atoms with Crippen molar-refractivity contribution in [2.24, 2.45) is 5.73 Å². The van der Waals surface area contributed by atoms with E-state index in [0.29, 0.717) is 44.3 Å². The Morgan fingerprint density at radius 2 is 1.83 bits per heavy atom. The van der Waals surface area contributed by atoms with Gasteiger partial charge in [0.05, 0.1) is 11.1 Å². The molecule has 1 aromatic heterocycles. The largest absolute Gasteiger partial charge is 0.455 e. The van der Waals surface area contributed by atoms with Crippen LogP contribution in [0.15, 0.2) is 54.7 Å². The monoisotopic (exact) mass is 488 g/mol. The highest BCUT2D eigenvalue weighted by molar-refractivity contribution is 5.93. The molecule has 188 valence electrons. The molecule has 36 heavy (non-hydrogen) atoms. The summed E-state index contributed by atoms with van der Waals surface area (Å²) in [5.41, 5.74) is 7.84. The first kappa shape index (κ1) is 24.1. The maximum absolute atomic E-state index is 13.7. The number of rotatable bonds is 5. The molecule has 2 amide bonds. The number of carbonyl (C=O) groups excluding carboxylic acids is 3. The highest BCUT2D eigenvalue weighted by atomic mass is 16.6. The lowest BCUT2D eigenvalue weighted by Gasteiger charge is -2.44. The summed E-state index contributed by atoms with van der Waals surface area (Å²) in [5.74, 6) is -0.839. The zero-order valence-corrected chi connectivity index (χ0v) is 20.7. The molecule has 2 aliphatic heterocycles. The second-order valence-electron chi connectivity index (χ2n) is 10.5. The Bertz CT molecular complexity index is 1310. The minimum absolute atomic E-state index is 0.157. The maximum atomic E-state index is 13.7. The number of esters is 1. The fourth-order valence-corrected chi connectivity index (χ4v) is 5.21. The summed E-state index contributed by atoms with van der Waals surface area (Å²) in [7, 11) is 0. The molecule has 0 unspecified atom stereocenters. The van der Waals surface area contributed by atoms with Gasteiger partial charge in [0.15, 0.2) is 0 Å². The summed E-state index contributed by atoms with van der Waals surface area (Å²) in [6, 6.07) is 14.6. The first-order chi connectivity index (χ1) is 17.2. The Balaban J connectivity index is 1.33. The Kier molecular flexibility index (Phi) is 6.08. The summed E-state index contributed by atoms with van der Waals surface area (Å²) >= 11 is 0. The smallest absolute Gasteiger partial charge is 0.338 e. The van der Waals surface area contributed by atoms with Crippen molar-refractivity contribution in [3.05, 3.63) is 71.4 Å². The number of nitrogens with two attached hydrogens (primary N) is 1. The topological polar surface area (TPSA) is 118 Å². The SMILES string of the molecule is CC(C)(N)C(=O)N[C@H](Cc1c[nH]c2ccccc12)C(=O)N1CCC2(CC1)Cc1ccccc1C(=O)O2. The van der Waals surface area contributed by atoms with E-state index in [0.717, 1.165) is 22.0 Å². The summed E-state index contributed by atoms with van der Waals surface area (Å²) in [5, 5.41) is 3.91. The number of hydrogen-bond acceptors (Lipinski definition) is 5. The van der Waals surface area contributed by atoms with Gasteiger partial charge in [-0.3, -0.25) is 9.59 Å². The molecule has 3 aromatic rings. The van der Waals surface area contributed by atoms with Crippen molar-refractivity contribution in [1.82, 2.24) is 15.2 Å². The van der Waals surface area contributed by atoms with Crippen LogP contribution in [0.3, 0.4) is 0 Å². The number of hydrogen-bond donors (Lipinski definition) is 3. The van der Waals surface area contributed by atoms with E-state index in [1.807, 2.05) is 48.7 Å². The first-order valence-electron chi connectivity index (χ1n) is 12.4. The normalized spacial score (nSPS) is 18.0. The van der Waals surface area contributed by atoms with Crippen molar-refractivity contribution in [3.63, 3.8) is 0 Å². The van der Waals surface area contributed by atoms with E-state index in [1.54, 1.807) is 24.8 Å². The van der Waals surface area contributed by atoms with Crippen molar-refractivity contribution in [2.75, 3.05) is 13.1 Å². The molecule has 1 spiro atoms. The molecule has 4 N–H and O–H groups in total. The first-order valence-corrected chi connectivity index (χ1v) is 12.4. The summed E-state index contributed by atoms with van der Waals surface area (Å²) in [6.07, 6.45) is 3.97. The van der Waals surface area contributed by atoms with Gasteiger partial charge in [0, 0.05) is 55.9 Å². The van der Waals surface area contributed by atoms with Crippen LogP contribution in [0.2, 0.25) is 0 Å². The number of aromatic nitrogens is 1. The number of nitrogens with zero attached hydrogens (tertiary/aromatic N) is 1. The Morgan fingerprint density at radius 3 is 2.58 bits per heavy atom. The number of para-hydroxylation sites is 1. The van der Waals surface area contributed by atoms with Crippen molar-refractivity contribution in [3.8, 4) is 0 Å². The van der Waals surface area contributed by atoms with Gasteiger partial charge in [-0.25, -0.2) is 4.79 Å². The molecule has 8 nitrogen and oxygen atoms in total. The van der Waals surface area contributed by atoms with Crippen LogP contribution in [0.5, 0.6) is 0 Å². The fraction of sp³-hybridized carbons (Fsp3) is 0.393. The number of amides is 2. The van der Waals surface area contributed by atoms with Gasteiger partial charge in [-0.05, 0) is 37.1 Å². The standard InChI is InChI=1S/C28H32N4O4/c1-27(2,29)26(35)31-23(15-19-17-30-22-10-6-5-8-20(19)22)24(33)32-13-11-28(12-14-32)16-18-7-3-4-9-21(18)25(34)36-28/h3-10,17,23,30H,11-16,29H2,1-2H3,(H,31,35)/t23-/m1/s1. The molecule has 0 saturated carbocycles. The third kappa shape index (κ3) is 4.60. The second-order valence-corrected chi connectivity index (χ2v) is 10.5. The third-order valence-electron chi connectivity index (χ3n) is 7.33. The van der Waals surface area contributed by atoms with Crippen molar-refractivity contribution in [2.45, 2.75) is 56.7 Å². The number of aromatic amines is 1. The number of likely N-dealkylation sites (tertiary alicyclic amines) is 1. The van der Waals surface area contributed by atoms with Gasteiger partial charge in [-0.1, -0.05) is 36.4 Å². The van der Waals surface area contributed by atoms with Crippen molar-refractivity contribution >= 4 is 28.7 Å². The quantitative estimate of drug-likeness (QED) is 0.478. The minimum atomic E-state index is -1.12. The van der Waals surface area contributed by atoms with Crippen LogP contribution in [-0.4, -0.2) is 57.9 Å². The Labute approximate surface area is 210 Å². The molecule has 2 aromatic carbocycles. The van der Waals surface area contributed by atoms with E-state index in [9.17, 15) is 14.4 Å². The van der Waals surface area contributed by atoms with Crippen molar-refractivity contribution in [1.29, 1.82) is 0 Å². The van der Waals surface area contributed by atoms with Crippen molar-refractivity contribution < 1.29 is 19.1 Å². The lowest BCUT2D eigenvalue weighted by Crippen LogP contribution is -2.59. The average Bonchev–Trinajstić information content (AvgIpc) is 3.26. The number of piperidine rings is 1. The van der Waals surface area contributed by atoms with E-state index < -0.39 is 17.2 Å². The molecular formula is C28H32N4O4. The molecule has 1 fully saturated rings. The van der Waals surface area contributed by atoms with Crippen LogP contribution in [0.1, 0.15) is 48.2 Å². The fourth-order valence-electron chi connectivity index (χ4n) is 5.21. The number of benzene rings is 2. The van der Waals surface area contributed by atoms with E-state index >= 15 is 0 Å². The summed E-state index contributed by atoms with van der Waals surface area (Å²) in [6.45, 7) is 4.13. The predicted octanol–water partition coefficient (Wildman–Crippen LogP) is 2.71. The zero-order valence-electron chi connectivity index (χ0n) is 20.7. The molecule has 3 heterocycles. The van der Waals surface area contributed by atoms with Gasteiger partial charge < -0.3 is 25.7 Å². The van der Waals surface area contributed by atoms with Gasteiger partial charge in [-0.2, -0.15) is 0 Å². The van der Waals surface area contributed by atoms with Crippen LogP contribution in [-0.2, 0) is 27.2 Å². The van der Waals surface area contributed by atoms with Gasteiger partial charge in [-0.15, -0.1) is 0 Å². The summed E-state index contributed by atoms with van der Waals surface area (Å²) < 4.78 is 5.91. The van der Waals surface area contributed by atoms with Crippen LogP contribution < -0.4 is 11.1 Å². The molecule has 8 heteroatoms. The average molecular weight is 489 g/mol. The highest BCUT2D eigenvalue weighted by Gasteiger charge is 2.44. The van der Waals surface area contributed by atoms with Gasteiger partial charge >= 0.3 is 5.97 Å². The molecule has 0 radical (unpaired) electrons. The van der Waals surface area contributed by atoms with Crippen LogP contribution in [0, 0.1) is 0 Å². The third-order valence-corrected chi connectivity index (χ3v) is 7.33. The van der Waals surface area contributed by atoms with Gasteiger partial charge in [0.1, 0.15) is 11.6 Å². The number of nitrogens with one attached hydrogen (secondary N) is 2. The maximum Gasteiger partial charge on any atom is 0.338 e. The molecule has 5 rings (SSSR count). The lowest BCUT2D eigenvalue weighted by molar-refractivity contribution is -0.141. The van der Waals surface area contributed by atoms with E-state index in [4.69, 9.17) is 10.5 Å². The van der Waals surface area contributed by atoms with E-state index in [-0.39, 0.29) is 17.8 Å². The molecule has 1 atom stereocenters. The predicted molar refractivity (Wildman–Crippen MR) is 136 cm³/mol. The Morgan fingerprint density at radius 1 is 1.14 bits per heavy atom. The number of H-pyrrole nitrogens is 1. The number of fused-ring (bicyclic) bond motifs is 2. The van der Waals surface area contributed by atoms with E-state index in [2.05, 4.69) is 10.3 Å². The molecular weight excluding hydrogens is 456 g/mol. The molecule has 2 aliphatic rings. The highest BCUT2D eigenvalue weighted by Crippen LogP contribution is 2.36.